The largest absolute Gasteiger partial charge is 0.368 e. The molecular formula is C13H24N6. The Morgan fingerprint density at radius 2 is 1.79 bits per heavy atom. The van der Waals surface area contributed by atoms with Crippen LogP contribution in [0.2, 0.25) is 0 Å². The fourth-order valence-corrected chi connectivity index (χ4v) is 2.63. The van der Waals surface area contributed by atoms with Crippen molar-refractivity contribution in [1.82, 2.24) is 15.0 Å². The number of aromatic nitrogens is 3. The maximum Gasteiger partial charge on any atom is 0.231 e. The van der Waals surface area contributed by atoms with Crippen molar-refractivity contribution in [3.05, 3.63) is 0 Å². The topological polar surface area (TPSA) is 80.0 Å². The first-order valence-electron chi connectivity index (χ1n) is 7.11. The second kappa shape index (κ2) is 5.59. The number of anilines is 3. The quantitative estimate of drug-likeness (QED) is 0.847. The molecule has 0 bridgehead atoms. The van der Waals surface area contributed by atoms with Crippen molar-refractivity contribution >= 4 is 17.8 Å². The summed E-state index contributed by atoms with van der Waals surface area (Å²) in [5, 5.41) is 3.43. The maximum absolute atomic E-state index is 5.80. The fraction of sp³-hybridized carbons (Fsp3) is 0.769. The van der Waals surface area contributed by atoms with Crippen molar-refractivity contribution < 1.29 is 0 Å². The molecule has 0 amide bonds. The second-order valence-electron chi connectivity index (χ2n) is 5.38. The summed E-state index contributed by atoms with van der Waals surface area (Å²) in [5.41, 5.74) is 5.89. The average molecular weight is 264 g/mol. The lowest BCUT2D eigenvalue weighted by atomic mass is 10.0. The summed E-state index contributed by atoms with van der Waals surface area (Å²) < 4.78 is 0. The Morgan fingerprint density at radius 3 is 2.37 bits per heavy atom. The molecule has 19 heavy (non-hydrogen) atoms. The van der Waals surface area contributed by atoms with E-state index in [-0.39, 0.29) is 11.5 Å². The standard InChI is InChI=1S/C13H24N6/c1-4-19(5-2)12-16-10(14)15-11(17-12)18-13(3)8-6-7-9-13/h4-9H2,1-3H3,(H3,14,15,16,17,18). The van der Waals surface area contributed by atoms with Gasteiger partial charge in [0.1, 0.15) is 0 Å². The minimum Gasteiger partial charge on any atom is -0.368 e. The van der Waals surface area contributed by atoms with E-state index in [1.165, 1.54) is 12.8 Å². The van der Waals surface area contributed by atoms with Gasteiger partial charge in [-0.1, -0.05) is 12.8 Å². The maximum atomic E-state index is 5.80. The Balaban J connectivity index is 2.21. The molecule has 0 aromatic carbocycles. The van der Waals surface area contributed by atoms with Crippen molar-refractivity contribution in [1.29, 1.82) is 0 Å². The van der Waals surface area contributed by atoms with Crippen LogP contribution in [-0.4, -0.2) is 33.6 Å². The summed E-state index contributed by atoms with van der Waals surface area (Å²) >= 11 is 0. The Morgan fingerprint density at radius 1 is 1.16 bits per heavy atom. The van der Waals surface area contributed by atoms with Crippen LogP contribution in [0.15, 0.2) is 0 Å². The molecule has 1 saturated carbocycles. The average Bonchev–Trinajstić information content (AvgIpc) is 2.76. The molecule has 0 spiro atoms. The molecule has 1 heterocycles. The van der Waals surface area contributed by atoms with Gasteiger partial charge in [-0.3, -0.25) is 0 Å². The van der Waals surface area contributed by atoms with Crippen molar-refractivity contribution in [2.75, 3.05) is 29.0 Å². The van der Waals surface area contributed by atoms with Gasteiger partial charge >= 0.3 is 0 Å². The second-order valence-corrected chi connectivity index (χ2v) is 5.38. The molecule has 1 aliphatic carbocycles. The molecule has 1 aliphatic rings. The van der Waals surface area contributed by atoms with E-state index in [4.69, 9.17) is 5.73 Å². The van der Waals surface area contributed by atoms with Crippen molar-refractivity contribution in [3.8, 4) is 0 Å². The summed E-state index contributed by atoms with van der Waals surface area (Å²) in [5.74, 6) is 1.53. The van der Waals surface area contributed by atoms with Crippen LogP contribution in [-0.2, 0) is 0 Å². The molecule has 1 aromatic rings. The normalized spacial score (nSPS) is 17.4. The Bertz CT molecular complexity index is 423. The predicted octanol–water partition coefficient (Wildman–Crippen LogP) is 2.04. The molecule has 3 N–H and O–H groups in total. The first kappa shape index (κ1) is 13.8. The fourth-order valence-electron chi connectivity index (χ4n) is 2.63. The Hall–Kier alpha value is -1.59. The van der Waals surface area contributed by atoms with Crippen LogP contribution in [0.5, 0.6) is 0 Å². The van der Waals surface area contributed by atoms with Gasteiger partial charge in [0.25, 0.3) is 0 Å². The van der Waals surface area contributed by atoms with Crippen molar-refractivity contribution in [3.63, 3.8) is 0 Å². The van der Waals surface area contributed by atoms with E-state index in [2.05, 4.69) is 45.9 Å². The molecule has 1 fully saturated rings. The zero-order chi connectivity index (χ0) is 13.9. The third-order valence-corrected chi connectivity index (χ3v) is 3.81. The van der Waals surface area contributed by atoms with E-state index in [0.29, 0.717) is 11.9 Å². The van der Waals surface area contributed by atoms with E-state index in [9.17, 15) is 0 Å². The lowest BCUT2D eigenvalue weighted by Crippen LogP contribution is -2.33. The van der Waals surface area contributed by atoms with Gasteiger partial charge in [-0.05, 0) is 33.6 Å². The van der Waals surface area contributed by atoms with Crippen LogP contribution in [0.1, 0.15) is 46.5 Å². The molecular weight excluding hydrogens is 240 g/mol. The van der Waals surface area contributed by atoms with Gasteiger partial charge in [-0.15, -0.1) is 0 Å². The smallest absolute Gasteiger partial charge is 0.231 e. The van der Waals surface area contributed by atoms with Crippen LogP contribution >= 0.6 is 0 Å². The number of hydrogen-bond donors (Lipinski definition) is 2. The lowest BCUT2D eigenvalue weighted by Gasteiger charge is -2.26. The number of hydrogen-bond acceptors (Lipinski definition) is 6. The molecule has 0 unspecified atom stereocenters. The van der Waals surface area contributed by atoms with Gasteiger partial charge in [-0.2, -0.15) is 15.0 Å². The zero-order valence-electron chi connectivity index (χ0n) is 12.1. The minimum atomic E-state index is 0.0916. The third kappa shape index (κ3) is 3.24. The molecule has 6 heteroatoms. The van der Waals surface area contributed by atoms with Gasteiger partial charge < -0.3 is 16.0 Å². The lowest BCUT2D eigenvalue weighted by molar-refractivity contribution is 0.528. The SMILES string of the molecule is CCN(CC)c1nc(N)nc(NC2(C)CCCC2)n1. The van der Waals surface area contributed by atoms with Gasteiger partial charge in [0.05, 0.1) is 0 Å². The summed E-state index contributed by atoms with van der Waals surface area (Å²) in [6.45, 7) is 8.09. The van der Waals surface area contributed by atoms with Crippen LogP contribution < -0.4 is 16.0 Å². The Kier molecular flexibility index (Phi) is 4.07. The first-order chi connectivity index (χ1) is 9.06. The number of nitrogens with one attached hydrogen (secondary N) is 1. The highest BCUT2D eigenvalue weighted by molar-refractivity contribution is 5.43. The highest BCUT2D eigenvalue weighted by Crippen LogP contribution is 2.31. The van der Waals surface area contributed by atoms with Crippen LogP contribution in [0.25, 0.3) is 0 Å². The highest BCUT2D eigenvalue weighted by Gasteiger charge is 2.29. The first-order valence-corrected chi connectivity index (χ1v) is 7.11. The molecule has 0 atom stereocenters. The van der Waals surface area contributed by atoms with E-state index in [0.717, 1.165) is 25.9 Å². The molecule has 106 valence electrons. The van der Waals surface area contributed by atoms with Gasteiger partial charge in [0.2, 0.25) is 17.8 Å². The van der Waals surface area contributed by atoms with Gasteiger partial charge in [0, 0.05) is 18.6 Å². The molecule has 2 rings (SSSR count). The minimum absolute atomic E-state index is 0.0916. The third-order valence-electron chi connectivity index (χ3n) is 3.81. The Labute approximate surface area is 114 Å². The number of nitrogens with two attached hydrogens (primary N) is 1. The summed E-state index contributed by atoms with van der Waals surface area (Å²) in [7, 11) is 0. The highest BCUT2D eigenvalue weighted by atomic mass is 15.3. The van der Waals surface area contributed by atoms with Crippen LogP contribution in [0.3, 0.4) is 0 Å². The summed E-state index contributed by atoms with van der Waals surface area (Å²) in [6.07, 6.45) is 4.82. The van der Waals surface area contributed by atoms with Gasteiger partial charge in [0.15, 0.2) is 0 Å². The van der Waals surface area contributed by atoms with Gasteiger partial charge in [-0.25, -0.2) is 0 Å². The van der Waals surface area contributed by atoms with E-state index in [1.54, 1.807) is 0 Å². The number of nitrogens with zero attached hydrogens (tertiary/aromatic N) is 4. The zero-order valence-corrected chi connectivity index (χ0v) is 12.1. The molecule has 0 aliphatic heterocycles. The number of nitrogen functional groups attached to an aromatic ring is 1. The monoisotopic (exact) mass is 264 g/mol. The predicted molar refractivity (Wildman–Crippen MR) is 78.3 cm³/mol. The van der Waals surface area contributed by atoms with Crippen LogP contribution in [0, 0.1) is 0 Å². The van der Waals surface area contributed by atoms with E-state index >= 15 is 0 Å². The van der Waals surface area contributed by atoms with E-state index < -0.39 is 0 Å². The molecule has 6 nitrogen and oxygen atoms in total. The van der Waals surface area contributed by atoms with Crippen molar-refractivity contribution in [2.24, 2.45) is 0 Å². The van der Waals surface area contributed by atoms with Crippen molar-refractivity contribution in [2.45, 2.75) is 52.0 Å². The van der Waals surface area contributed by atoms with Crippen LogP contribution in [0.4, 0.5) is 17.8 Å². The number of rotatable bonds is 5. The molecule has 0 saturated heterocycles. The molecule has 1 aromatic heterocycles. The summed E-state index contributed by atoms with van der Waals surface area (Å²) in [6, 6.07) is 0. The summed E-state index contributed by atoms with van der Waals surface area (Å²) in [4.78, 5) is 15.0. The van der Waals surface area contributed by atoms with E-state index in [1.807, 2.05) is 0 Å². The molecule has 0 radical (unpaired) electrons.